The molecule has 1 fully saturated rings. The molecule has 0 spiro atoms. The Balaban J connectivity index is 2.02. The van der Waals surface area contributed by atoms with E-state index in [1.54, 1.807) is 0 Å². The van der Waals surface area contributed by atoms with Gasteiger partial charge in [0.25, 0.3) is 5.91 Å². The molecule has 0 radical (unpaired) electrons. The number of carbonyl (C=O) groups is 1. The zero-order valence-corrected chi connectivity index (χ0v) is 11.6. The third-order valence-electron chi connectivity index (χ3n) is 3.18. The van der Waals surface area contributed by atoms with Crippen LogP contribution in [0.5, 0.6) is 0 Å². The molecule has 0 bridgehead atoms. The summed E-state index contributed by atoms with van der Waals surface area (Å²) in [4.78, 5) is 12.0. The number of amides is 1. The molecule has 106 valence electrons. The number of anilines is 1. The lowest BCUT2D eigenvalue weighted by atomic mass is 10.1. The molecule has 1 heterocycles. The van der Waals surface area contributed by atoms with Crippen molar-refractivity contribution in [2.45, 2.75) is 32.3 Å². The van der Waals surface area contributed by atoms with Gasteiger partial charge in [-0.25, -0.2) is 0 Å². The highest BCUT2D eigenvalue weighted by Gasteiger charge is 2.23. The third kappa shape index (κ3) is 3.83. The van der Waals surface area contributed by atoms with Crippen molar-refractivity contribution in [2.75, 3.05) is 18.5 Å². The van der Waals surface area contributed by atoms with Crippen LogP contribution in [0.15, 0.2) is 18.2 Å². The Morgan fingerprint density at radius 2 is 2.40 bits per heavy atom. The number of rotatable bonds is 3. The Morgan fingerprint density at radius 1 is 1.55 bits per heavy atom. The van der Waals surface area contributed by atoms with Gasteiger partial charge in [-0.05, 0) is 43.5 Å². The Labute approximate surface area is 119 Å². The van der Waals surface area contributed by atoms with Gasteiger partial charge in [-0.2, -0.15) is 0 Å². The molecule has 2 N–H and O–H groups in total. The first-order valence-electron chi connectivity index (χ1n) is 6.83. The summed E-state index contributed by atoms with van der Waals surface area (Å²) in [5.41, 5.74) is 2.64. The summed E-state index contributed by atoms with van der Waals surface area (Å²) in [6.07, 6.45) is 1.88. The van der Waals surface area contributed by atoms with E-state index in [9.17, 15) is 4.79 Å². The van der Waals surface area contributed by atoms with Crippen molar-refractivity contribution < 1.29 is 14.6 Å². The molecule has 1 aromatic rings. The summed E-state index contributed by atoms with van der Waals surface area (Å²) in [7, 11) is 0. The van der Waals surface area contributed by atoms with Crippen LogP contribution in [0.3, 0.4) is 0 Å². The fraction of sp³-hybridized carbons (Fsp3) is 0.438. The van der Waals surface area contributed by atoms with Crippen LogP contribution < -0.4 is 5.32 Å². The quantitative estimate of drug-likeness (QED) is 0.826. The predicted octanol–water partition coefficient (Wildman–Crippen LogP) is 1.85. The van der Waals surface area contributed by atoms with Crippen LogP contribution in [0.1, 0.15) is 30.4 Å². The molecule has 1 unspecified atom stereocenters. The van der Waals surface area contributed by atoms with E-state index in [0.717, 1.165) is 29.7 Å². The van der Waals surface area contributed by atoms with Crippen molar-refractivity contribution in [3.63, 3.8) is 0 Å². The molecule has 1 saturated heterocycles. The highest BCUT2D eigenvalue weighted by molar-refractivity contribution is 5.95. The highest BCUT2D eigenvalue weighted by Crippen LogP contribution is 2.19. The SMILES string of the molecule is Cc1cc(C#CCCO)ccc1NC(=O)C1CCCO1. The minimum absolute atomic E-state index is 0.0709. The van der Waals surface area contributed by atoms with Crippen molar-refractivity contribution >= 4 is 11.6 Å². The Bertz CT molecular complexity index is 536. The molecule has 1 aromatic carbocycles. The predicted molar refractivity (Wildman–Crippen MR) is 77.4 cm³/mol. The molecule has 0 saturated carbocycles. The maximum Gasteiger partial charge on any atom is 0.253 e. The van der Waals surface area contributed by atoms with Gasteiger partial charge in [-0.15, -0.1) is 0 Å². The van der Waals surface area contributed by atoms with Crippen LogP contribution in [0.25, 0.3) is 0 Å². The summed E-state index contributed by atoms with van der Waals surface area (Å²) in [6, 6.07) is 5.64. The summed E-state index contributed by atoms with van der Waals surface area (Å²) in [5, 5.41) is 11.6. The first kappa shape index (κ1) is 14.6. The van der Waals surface area contributed by atoms with Gasteiger partial charge < -0.3 is 15.2 Å². The first-order chi connectivity index (χ1) is 9.70. The molecule has 1 aliphatic heterocycles. The number of hydrogen-bond donors (Lipinski definition) is 2. The van der Waals surface area contributed by atoms with E-state index in [0.29, 0.717) is 13.0 Å². The molecule has 1 amide bonds. The van der Waals surface area contributed by atoms with Crippen LogP contribution in [0, 0.1) is 18.8 Å². The fourth-order valence-electron chi connectivity index (χ4n) is 2.10. The van der Waals surface area contributed by atoms with Crippen LogP contribution >= 0.6 is 0 Å². The van der Waals surface area contributed by atoms with Crippen molar-refractivity contribution in [2.24, 2.45) is 0 Å². The van der Waals surface area contributed by atoms with Gasteiger partial charge in [0.15, 0.2) is 0 Å². The number of aryl methyl sites for hydroxylation is 1. The smallest absolute Gasteiger partial charge is 0.253 e. The second kappa shape index (κ2) is 7.09. The van der Waals surface area contributed by atoms with E-state index in [1.165, 1.54) is 0 Å². The standard InChI is InChI=1S/C16H19NO3/c1-12-11-13(5-2-3-9-18)7-8-14(12)17-16(19)15-6-4-10-20-15/h7-8,11,15,18H,3-4,6,9-10H2,1H3,(H,17,19). The van der Waals surface area contributed by atoms with E-state index < -0.39 is 0 Å². The monoisotopic (exact) mass is 273 g/mol. The third-order valence-corrected chi connectivity index (χ3v) is 3.18. The van der Waals surface area contributed by atoms with Crippen LogP contribution in [-0.2, 0) is 9.53 Å². The number of ether oxygens (including phenoxy) is 1. The van der Waals surface area contributed by atoms with Crippen LogP contribution in [-0.4, -0.2) is 30.3 Å². The summed E-state index contributed by atoms with van der Waals surface area (Å²) >= 11 is 0. The fourth-order valence-corrected chi connectivity index (χ4v) is 2.10. The molecule has 20 heavy (non-hydrogen) atoms. The largest absolute Gasteiger partial charge is 0.395 e. The molecule has 1 atom stereocenters. The van der Waals surface area contributed by atoms with Crippen molar-refractivity contribution in [1.29, 1.82) is 0 Å². The van der Waals surface area contributed by atoms with E-state index >= 15 is 0 Å². The highest BCUT2D eigenvalue weighted by atomic mass is 16.5. The number of aliphatic hydroxyl groups is 1. The molecular weight excluding hydrogens is 254 g/mol. The summed E-state index contributed by atoms with van der Waals surface area (Å²) in [6.45, 7) is 2.67. The minimum Gasteiger partial charge on any atom is -0.395 e. The lowest BCUT2D eigenvalue weighted by Crippen LogP contribution is -2.27. The lowest BCUT2D eigenvalue weighted by Gasteiger charge is -2.12. The summed E-state index contributed by atoms with van der Waals surface area (Å²) in [5.74, 6) is 5.77. The number of nitrogens with one attached hydrogen (secondary N) is 1. The van der Waals surface area contributed by atoms with E-state index in [2.05, 4.69) is 17.2 Å². The molecule has 0 aromatic heterocycles. The number of carbonyl (C=O) groups excluding carboxylic acids is 1. The molecule has 0 aliphatic carbocycles. The van der Waals surface area contributed by atoms with Gasteiger partial charge in [0, 0.05) is 24.3 Å². The van der Waals surface area contributed by atoms with Crippen LogP contribution in [0.2, 0.25) is 0 Å². The minimum atomic E-state index is -0.321. The van der Waals surface area contributed by atoms with Crippen molar-refractivity contribution in [1.82, 2.24) is 0 Å². The summed E-state index contributed by atoms with van der Waals surface area (Å²) < 4.78 is 5.36. The van der Waals surface area contributed by atoms with Crippen LogP contribution in [0.4, 0.5) is 5.69 Å². The normalized spacial score (nSPS) is 17.4. The van der Waals surface area contributed by atoms with Gasteiger partial charge in [-0.3, -0.25) is 4.79 Å². The molecular formula is C16H19NO3. The lowest BCUT2D eigenvalue weighted by molar-refractivity contribution is -0.124. The molecule has 1 aliphatic rings. The van der Waals surface area contributed by atoms with Crippen molar-refractivity contribution in [3.05, 3.63) is 29.3 Å². The zero-order chi connectivity index (χ0) is 14.4. The Hall–Kier alpha value is -1.83. The Morgan fingerprint density at radius 3 is 3.05 bits per heavy atom. The molecule has 2 rings (SSSR count). The second-order valence-electron chi connectivity index (χ2n) is 4.80. The van der Waals surface area contributed by atoms with Gasteiger partial charge >= 0.3 is 0 Å². The van der Waals surface area contributed by atoms with Gasteiger partial charge in [-0.1, -0.05) is 11.8 Å². The topological polar surface area (TPSA) is 58.6 Å². The van der Waals surface area contributed by atoms with Gasteiger partial charge in [0.1, 0.15) is 6.10 Å². The average Bonchev–Trinajstić information content (AvgIpc) is 2.96. The van der Waals surface area contributed by atoms with E-state index in [-0.39, 0.29) is 18.6 Å². The maximum atomic E-state index is 12.0. The maximum absolute atomic E-state index is 12.0. The number of benzene rings is 1. The molecule has 4 heteroatoms. The first-order valence-corrected chi connectivity index (χ1v) is 6.83. The average molecular weight is 273 g/mol. The number of hydrogen-bond acceptors (Lipinski definition) is 3. The zero-order valence-electron chi connectivity index (χ0n) is 11.6. The van der Waals surface area contributed by atoms with Gasteiger partial charge in [0.2, 0.25) is 0 Å². The number of aliphatic hydroxyl groups excluding tert-OH is 1. The van der Waals surface area contributed by atoms with E-state index in [1.807, 2.05) is 25.1 Å². The van der Waals surface area contributed by atoms with E-state index in [4.69, 9.17) is 9.84 Å². The molecule has 4 nitrogen and oxygen atoms in total. The van der Waals surface area contributed by atoms with Crippen molar-refractivity contribution in [3.8, 4) is 11.8 Å². The van der Waals surface area contributed by atoms with Gasteiger partial charge in [0.05, 0.1) is 6.61 Å². The second-order valence-corrected chi connectivity index (χ2v) is 4.80. The Kier molecular flexibility index (Phi) is 5.16.